The Hall–Kier alpha value is -1.58. The van der Waals surface area contributed by atoms with Crippen LogP contribution in [0.1, 0.15) is 0 Å². The monoisotopic (exact) mass is 390 g/mol. The molecule has 1 heterocycles. The number of thiophene rings is 1. The minimum atomic E-state index is -3.63. The number of amides is 1. The van der Waals surface area contributed by atoms with Crippen LogP contribution in [0.5, 0.6) is 5.75 Å². The van der Waals surface area contributed by atoms with Crippen LogP contribution >= 0.6 is 27.3 Å². The first-order valence-electron chi connectivity index (χ1n) is 5.65. The van der Waals surface area contributed by atoms with Crippen LogP contribution in [-0.4, -0.2) is 20.9 Å². The lowest BCUT2D eigenvalue weighted by molar-refractivity contribution is -0.119. The summed E-state index contributed by atoms with van der Waals surface area (Å²) in [4.78, 5) is 10.6. The molecule has 112 valence electrons. The van der Waals surface area contributed by atoms with Gasteiger partial charge in [0.2, 0.25) is 0 Å². The number of primary amides is 1. The molecule has 0 fully saturated rings. The summed E-state index contributed by atoms with van der Waals surface area (Å²) in [6.45, 7) is -0.229. The van der Waals surface area contributed by atoms with Crippen molar-refractivity contribution in [3.63, 3.8) is 0 Å². The predicted octanol–water partition coefficient (Wildman–Crippen LogP) is 2.18. The molecular weight excluding hydrogens is 380 g/mol. The molecule has 1 aromatic carbocycles. The first-order valence-corrected chi connectivity index (χ1v) is 8.81. The smallest absolute Gasteiger partial charge is 0.272 e. The van der Waals surface area contributed by atoms with Gasteiger partial charge >= 0.3 is 0 Å². The highest BCUT2D eigenvalue weighted by molar-refractivity contribution is 9.10. The van der Waals surface area contributed by atoms with Crippen molar-refractivity contribution in [3.8, 4) is 5.75 Å². The van der Waals surface area contributed by atoms with E-state index >= 15 is 0 Å². The van der Waals surface area contributed by atoms with Crippen LogP contribution in [0.3, 0.4) is 0 Å². The van der Waals surface area contributed by atoms with Crippen molar-refractivity contribution in [2.24, 2.45) is 5.73 Å². The van der Waals surface area contributed by atoms with E-state index in [4.69, 9.17) is 10.5 Å². The molecule has 2 rings (SSSR count). The minimum absolute atomic E-state index is 0.205. The summed E-state index contributed by atoms with van der Waals surface area (Å²) in [6, 6.07) is 7.83. The molecule has 2 aromatic rings. The van der Waals surface area contributed by atoms with E-state index in [0.29, 0.717) is 15.9 Å². The number of nitrogens with one attached hydrogen (secondary N) is 1. The Labute approximate surface area is 134 Å². The van der Waals surface area contributed by atoms with E-state index < -0.39 is 15.9 Å². The van der Waals surface area contributed by atoms with Gasteiger partial charge in [-0.3, -0.25) is 9.52 Å². The van der Waals surface area contributed by atoms with Crippen molar-refractivity contribution in [3.05, 3.63) is 40.2 Å². The van der Waals surface area contributed by atoms with Crippen molar-refractivity contribution in [1.29, 1.82) is 0 Å². The number of nitrogens with two attached hydrogens (primary N) is 1. The first kappa shape index (κ1) is 15.8. The van der Waals surface area contributed by atoms with Gasteiger partial charge in [-0.05, 0) is 51.6 Å². The van der Waals surface area contributed by atoms with Gasteiger partial charge in [0.15, 0.2) is 10.8 Å². The number of anilines is 1. The van der Waals surface area contributed by atoms with Crippen LogP contribution in [0.25, 0.3) is 0 Å². The Morgan fingerprint density at radius 1 is 1.29 bits per heavy atom. The van der Waals surface area contributed by atoms with Crippen LogP contribution in [-0.2, 0) is 14.8 Å². The molecule has 0 radical (unpaired) electrons. The zero-order valence-electron chi connectivity index (χ0n) is 10.6. The van der Waals surface area contributed by atoms with Crippen molar-refractivity contribution < 1.29 is 17.9 Å². The summed E-state index contributed by atoms with van der Waals surface area (Å²) in [5.74, 6) is -0.156. The Bertz CT molecular complexity index is 741. The van der Waals surface area contributed by atoms with Gasteiger partial charge < -0.3 is 10.5 Å². The van der Waals surface area contributed by atoms with Gasteiger partial charge in [-0.1, -0.05) is 0 Å². The quantitative estimate of drug-likeness (QED) is 0.789. The number of sulfonamides is 1. The molecule has 0 unspecified atom stereocenters. The number of carbonyl (C=O) groups excluding carboxylic acids is 1. The van der Waals surface area contributed by atoms with Gasteiger partial charge in [0.25, 0.3) is 15.9 Å². The van der Waals surface area contributed by atoms with Gasteiger partial charge in [-0.25, -0.2) is 8.42 Å². The Kier molecular flexibility index (Phi) is 4.86. The van der Waals surface area contributed by atoms with Crippen LogP contribution in [0, 0.1) is 0 Å². The molecule has 6 nitrogen and oxygen atoms in total. The third kappa shape index (κ3) is 4.19. The maximum Gasteiger partial charge on any atom is 0.272 e. The van der Waals surface area contributed by atoms with Crippen molar-refractivity contribution in [1.82, 2.24) is 0 Å². The van der Waals surface area contributed by atoms with Gasteiger partial charge in [-0.15, -0.1) is 11.3 Å². The molecule has 3 N–H and O–H groups in total. The molecule has 0 aliphatic rings. The number of benzene rings is 1. The summed E-state index contributed by atoms with van der Waals surface area (Å²) < 4.78 is 32.6. The summed E-state index contributed by atoms with van der Waals surface area (Å²) in [7, 11) is -3.63. The maximum absolute atomic E-state index is 12.2. The standard InChI is InChI=1S/C12H11BrN2O4S2/c13-10-5-6-20-12(10)21(17,18)15-8-1-3-9(4-2-8)19-7-11(14)16/h1-6,15H,7H2,(H2,14,16). The molecule has 0 saturated carbocycles. The molecule has 1 amide bonds. The second-order valence-electron chi connectivity index (χ2n) is 3.94. The number of hydrogen-bond donors (Lipinski definition) is 2. The summed E-state index contributed by atoms with van der Waals surface area (Å²) in [5, 5.41) is 1.68. The Morgan fingerprint density at radius 2 is 1.95 bits per heavy atom. The fraction of sp³-hybridized carbons (Fsp3) is 0.0833. The number of carbonyl (C=O) groups is 1. The lowest BCUT2D eigenvalue weighted by Crippen LogP contribution is -2.20. The number of halogens is 1. The minimum Gasteiger partial charge on any atom is -0.484 e. The van der Waals surface area contributed by atoms with Crippen molar-refractivity contribution >= 4 is 48.9 Å². The Balaban J connectivity index is 2.10. The zero-order valence-corrected chi connectivity index (χ0v) is 13.8. The first-order chi connectivity index (χ1) is 9.88. The molecule has 0 spiro atoms. The Morgan fingerprint density at radius 3 is 2.48 bits per heavy atom. The van der Waals surface area contributed by atoms with E-state index in [1.807, 2.05) is 0 Å². The average molecular weight is 391 g/mol. The highest BCUT2D eigenvalue weighted by Gasteiger charge is 2.19. The normalized spacial score (nSPS) is 11.1. The highest BCUT2D eigenvalue weighted by atomic mass is 79.9. The third-order valence-electron chi connectivity index (χ3n) is 2.32. The molecule has 0 atom stereocenters. The van der Waals surface area contributed by atoms with E-state index in [1.165, 1.54) is 12.1 Å². The maximum atomic E-state index is 12.2. The molecule has 0 aliphatic carbocycles. The van der Waals surface area contributed by atoms with E-state index in [2.05, 4.69) is 20.7 Å². The van der Waals surface area contributed by atoms with E-state index in [1.54, 1.807) is 23.6 Å². The van der Waals surface area contributed by atoms with Gasteiger partial charge in [0.05, 0.1) is 0 Å². The molecule has 0 aliphatic heterocycles. The van der Waals surface area contributed by atoms with Crippen LogP contribution < -0.4 is 15.2 Å². The molecule has 0 saturated heterocycles. The van der Waals surface area contributed by atoms with E-state index in [0.717, 1.165) is 11.3 Å². The van der Waals surface area contributed by atoms with Crippen LogP contribution in [0.15, 0.2) is 44.4 Å². The lowest BCUT2D eigenvalue weighted by Gasteiger charge is -2.08. The van der Waals surface area contributed by atoms with Gasteiger partial charge in [0.1, 0.15) is 5.75 Å². The summed E-state index contributed by atoms with van der Waals surface area (Å²) in [6.07, 6.45) is 0. The number of rotatable bonds is 6. The predicted molar refractivity (Wildman–Crippen MR) is 84.0 cm³/mol. The average Bonchev–Trinajstić information content (AvgIpc) is 2.84. The molecule has 1 aromatic heterocycles. The topological polar surface area (TPSA) is 98.5 Å². The molecule has 0 bridgehead atoms. The van der Waals surface area contributed by atoms with Crippen molar-refractivity contribution in [2.75, 3.05) is 11.3 Å². The van der Waals surface area contributed by atoms with Gasteiger partial charge in [-0.2, -0.15) is 0 Å². The fourth-order valence-electron chi connectivity index (χ4n) is 1.45. The van der Waals surface area contributed by atoms with Crippen LogP contribution in [0.2, 0.25) is 0 Å². The second-order valence-corrected chi connectivity index (χ2v) is 7.59. The largest absolute Gasteiger partial charge is 0.484 e. The summed E-state index contributed by atoms with van der Waals surface area (Å²) >= 11 is 4.31. The lowest BCUT2D eigenvalue weighted by atomic mass is 10.3. The van der Waals surface area contributed by atoms with E-state index in [-0.39, 0.29) is 10.8 Å². The summed E-state index contributed by atoms with van der Waals surface area (Å²) in [5.41, 5.74) is 5.35. The molecule has 9 heteroatoms. The van der Waals surface area contributed by atoms with E-state index in [9.17, 15) is 13.2 Å². The zero-order chi connectivity index (χ0) is 15.5. The third-order valence-corrected chi connectivity index (χ3v) is 6.37. The molecular formula is C12H11BrN2O4S2. The van der Waals surface area contributed by atoms with Gasteiger partial charge in [0, 0.05) is 10.2 Å². The fourth-order valence-corrected chi connectivity index (χ4v) is 4.84. The van der Waals surface area contributed by atoms with Crippen LogP contribution in [0.4, 0.5) is 5.69 Å². The molecule has 21 heavy (non-hydrogen) atoms. The number of hydrogen-bond acceptors (Lipinski definition) is 5. The second kappa shape index (κ2) is 6.46. The SMILES string of the molecule is NC(=O)COc1ccc(NS(=O)(=O)c2sccc2Br)cc1. The number of ether oxygens (including phenoxy) is 1. The van der Waals surface area contributed by atoms with Crippen molar-refractivity contribution in [2.45, 2.75) is 4.21 Å². The highest BCUT2D eigenvalue weighted by Crippen LogP contribution is 2.29.